The predicted octanol–water partition coefficient (Wildman–Crippen LogP) is 2.02. The van der Waals surface area contributed by atoms with E-state index in [1.54, 1.807) is 14.2 Å². The minimum Gasteiger partial charge on any atom is -0.354 e. The van der Waals surface area contributed by atoms with Crippen LogP contribution in [0.3, 0.4) is 0 Å². The first-order valence-electron chi connectivity index (χ1n) is 5.95. The molecule has 0 aromatic heterocycles. The Morgan fingerprint density at radius 3 is 2.00 bits per heavy atom. The molecule has 0 amide bonds. The second-order valence-corrected chi connectivity index (χ2v) is 4.67. The van der Waals surface area contributed by atoms with Crippen LogP contribution in [0.15, 0.2) is 0 Å². The first-order chi connectivity index (χ1) is 7.22. The first kappa shape index (κ1) is 12.9. The summed E-state index contributed by atoms with van der Waals surface area (Å²) in [4.78, 5) is 0. The van der Waals surface area contributed by atoms with Crippen molar-refractivity contribution in [2.45, 2.75) is 44.9 Å². The van der Waals surface area contributed by atoms with Crippen LogP contribution in [0.25, 0.3) is 0 Å². The van der Waals surface area contributed by atoms with Gasteiger partial charge in [0, 0.05) is 14.2 Å². The van der Waals surface area contributed by atoms with Crippen molar-refractivity contribution in [2.24, 2.45) is 11.8 Å². The van der Waals surface area contributed by atoms with E-state index < -0.39 is 0 Å². The first-order valence-corrected chi connectivity index (χ1v) is 5.95. The molecular weight excluding hydrogens is 190 g/mol. The van der Waals surface area contributed by atoms with Crippen LogP contribution in [0.2, 0.25) is 0 Å². The molecule has 3 heteroatoms. The molecule has 0 aromatic rings. The molecule has 90 valence electrons. The maximum atomic E-state index is 5.35. The molecule has 3 nitrogen and oxygen atoms in total. The lowest BCUT2D eigenvalue weighted by molar-refractivity contribution is -0.134. The Labute approximate surface area is 93.5 Å². The van der Waals surface area contributed by atoms with Gasteiger partial charge in [0.15, 0.2) is 6.29 Å². The number of methoxy groups -OCH3 is 2. The second-order valence-electron chi connectivity index (χ2n) is 4.67. The number of hydrogen-bond acceptors (Lipinski definition) is 3. The lowest BCUT2D eigenvalue weighted by Crippen LogP contribution is -2.46. The van der Waals surface area contributed by atoms with Crippen LogP contribution < -0.4 is 5.32 Å². The average Bonchev–Trinajstić information content (AvgIpc) is 2.27. The Morgan fingerprint density at radius 2 is 1.60 bits per heavy atom. The van der Waals surface area contributed by atoms with Gasteiger partial charge in [-0.3, -0.25) is 0 Å². The predicted molar refractivity (Wildman–Crippen MR) is 61.8 cm³/mol. The highest BCUT2D eigenvalue weighted by Crippen LogP contribution is 2.31. The second kappa shape index (κ2) is 6.46. The maximum Gasteiger partial charge on any atom is 0.172 e. The van der Waals surface area contributed by atoms with E-state index >= 15 is 0 Å². The van der Waals surface area contributed by atoms with Crippen molar-refractivity contribution in [3.05, 3.63) is 0 Å². The van der Waals surface area contributed by atoms with Crippen LogP contribution in [0.1, 0.15) is 32.6 Å². The summed E-state index contributed by atoms with van der Waals surface area (Å²) >= 11 is 0. The molecule has 1 atom stereocenters. The topological polar surface area (TPSA) is 30.5 Å². The largest absolute Gasteiger partial charge is 0.354 e. The number of hydrogen-bond donors (Lipinski definition) is 1. The monoisotopic (exact) mass is 215 g/mol. The summed E-state index contributed by atoms with van der Waals surface area (Å²) in [6, 6.07) is 0.326. The van der Waals surface area contributed by atoms with Gasteiger partial charge in [-0.15, -0.1) is 0 Å². The molecular formula is C12H25NO2. The van der Waals surface area contributed by atoms with Crippen LogP contribution in [0, 0.1) is 11.8 Å². The van der Waals surface area contributed by atoms with E-state index in [1.165, 1.54) is 25.7 Å². The zero-order chi connectivity index (χ0) is 11.3. The van der Waals surface area contributed by atoms with Crippen molar-refractivity contribution in [1.29, 1.82) is 0 Å². The molecule has 1 aliphatic carbocycles. The normalized spacial score (nSPS) is 29.4. The molecule has 0 aromatic carbocycles. The molecule has 0 radical (unpaired) electrons. The molecule has 0 aliphatic heterocycles. The van der Waals surface area contributed by atoms with E-state index in [1.807, 2.05) is 7.05 Å². The van der Waals surface area contributed by atoms with Gasteiger partial charge in [0.05, 0.1) is 6.04 Å². The van der Waals surface area contributed by atoms with E-state index in [2.05, 4.69) is 12.2 Å². The highest BCUT2D eigenvalue weighted by Gasteiger charge is 2.30. The summed E-state index contributed by atoms with van der Waals surface area (Å²) in [5.74, 6) is 1.58. The standard InChI is InChI=1S/C12H25NO2/c1-9-5-7-10(8-6-9)11(13-2)12(14-3)15-4/h9-13H,5-8H2,1-4H3. The summed E-state index contributed by atoms with van der Waals surface area (Å²) in [7, 11) is 5.42. The molecule has 1 rings (SSSR count). The van der Waals surface area contributed by atoms with E-state index in [4.69, 9.17) is 9.47 Å². The lowest BCUT2D eigenvalue weighted by Gasteiger charge is -2.35. The summed E-state index contributed by atoms with van der Waals surface area (Å²) in [5, 5.41) is 3.34. The Bertz CT molecular complexity index is 163. The van der Waals surface area contributed by atoms with Crippen LogP contribution in [0.5, 0.6) is 0 Å². The van der Waals surface area contributed by atoms with Gasteiger partial charge in [-0.25, -0.2) is 0 Å². The van der Waals surface area contributed by atoms with Gasteiger partial charge >= 0.3 is 0 Å². The quantitative estimate of drug-likeness (QED) is 0.712. The van der Waals surface area contributed by atoms with Gasteiger partial charge in [0.1, 0.15) is 0 Å². The molecule has 1 aliphatic rings. The van der Waals surface area contributed by atoms with Gasteiger partial charge in [0.25, 0.3) is 0 Å². The minimum atomic E-state index is -0.117. The van der Waals surface area contributed by atoms with Crippen molar-refractivity contribution < 1.29 is 9.47 Å². The smallest absolute Gasteiger partial charge is 0.172 e. The van der Waals surface area contributed by atoms with Crippen molar-refractivity contribution in [3.63, 3.8) is 0 Å². The average molecular weight is 215 g/mol. The van der Waals surface area contributed by atoms with E-state index in [0.29, 0.717) is 12.0 Å². The third kappa shape index (κ3) is 3.44. The third-order valence-electron chi connectivity index (χ3n) is 3.66. The van der Waals surface area contributed by atoms with Gasteiger partial charge in [-0.05, 0) is 31.7 Å². The zero-order valence-corrected chi connectivity index (χ0v) is 10.5. The Balaban J connectivity index is 2.50. The van der Waals surface area contributed by atoms with Crippen LogP contribution >= 0.6 is 0 Å². The molecule has 1 N–H and O–H groups in total. The number of nitrogens with one attached hydrogen (secondary N) is 1. The number of likely N-dealkylation sites (N-methyl/N-ethyl adjacent to an activating group) is 1. The zero-order valence-electron chi connectivity index (χ0n) is 10.5. The highest BCUT2D eigenvalue weighted by atomic mass is 16.7. The van der Waals surface area contributed by atoms with E-state index in [9.17, 15) is 0 Å². The Morgan fingerprint density at radius 1 is 1.07 bits per heavy atom. The van der Waals surface area contributed by atoms with Gasteiger partial charge in [-0.2, -0.15) is 0 Å². The molecule has 15 heavy (non-hydrogen) atoms. The maximum absolute atomic E-state index is 5.35. The molecule has 0 saturated heterocycles. The fraction of sp³-hybridized carbons (Fsp3) is 1.00. The fourth-order valence-electron chi connectivity index (χ4n) is 2.63. The molecule has 1 fully saturated rings. The van der Waals surface area contributed by atoms with Gasteiger partial charge < -0.3 is 14.8 Å². The van der Waals surface area contributed by atoms with Crippen LogP contribution in [0.4, 0.5) is 0 Å². The summed E-state index contributed by atoms with van der Waals surface area (Å²) in [6.07, 6.45) is 5.13. The highest BCUT2D eigenvalue weighted by molar-refractivity contribution is 4.82. The van der Waals surface area contributed by atoms with Gasteiger partial charge in [0.2, 0.25) is 0 Å². The third-order valence-corrected chi connectivity index (χ3v) is 3.66. The van der Waals surface area contributed by atoms with Crippen molar-refractivity contribution >= 4 is 0 Å². The van der Waals surface area contributed by atoms with Crippen LogP contribution in [-0.2, 0) is 9.47 Å². The molecule has 0 spiro atoms. The fourth-order valence-corrected chi connectivity index (χ4v) is 2.63. The Kier molecular flexibility index (Phi) is 5.58. The summed E-state index contributed by atoms with van der Waals surface area (Å²) in [6.45, 7) is 2.34. The lowest BCUT2D eigenvalue weighted by atomic mass is 9.79. The molecule has 1 saturated carbocycles. The van der Waals surface area contributed by atoms with Crippen molar-refractivity contribution in [3.8, 4) is 0 Å². The molecule has 1 unspecified atom stereocenters. The Hall–Kier alpha value is -0.120. The van der Waals surface area contributed by atoms with Gasteiger partial charge in [-0.1, -0.05) is 19.8 Å². The molecule has 0 heterocycles. The van der Waals surface area contributed by atoms with E-state index in [-0.39, 0.29) is 6.29 Å². The summed E-state index contributed by atoms with van der Waals surface area (Å²) < 4.78 is 10.7. The number of rotatable bonds is 5. The van der Waals surface area contributed by atoms with Crippen molar-refractivity contribution in [1.82, 2.24) is 5.32 Å². The molecule has 0 bridgehead atoms. The SMILES string of the molecule is CNC(C1CCC(C)CC1)C(OC)OC. The summed E-state index contributed by atoms with van der Waals surface area (Å²) in [5.41, 5.74) is 0. The number of ether oxygens (including phenoxy) is 2. The van der Waals surface area contributed by atoms with E-state index in [0.717, 1.165) is 5.92 Å². The van der Waals surface area contributed by atoms with Crippen molar-refractivity contribution in [2.75, 3.05) is 21.3 Å². The van der Waals surface area contributed by atoms with Crippen LogP contribution in [-0.4, -0.2) is 33.6 Å². The minimum absolute atomic E-state index is 0.117.